The summed E-state index contributed by atoms with van der Waals surface area (Å²) in [4.78, 5) is 15.9. The third kappa shape index (κ3) is 2.84. The molecule has 2 aromatic heterocycles. The lowest BCUT2D eigenvalue weighted by Gasteiger charge is -2.13. The van der Waals surface area contributed by atoms with E-state index >= 15 is 0 Å². The molecule has 7 heteroatoms. The number of anilines is 1. The number of likely N-dealkylation sites (tertiary alicyclic amines) is 1. The van der Waals surface area contributed by atoms with Crippen LogP contribution in [0.3, 0.4) is 0 Å². The van der Waals surface area contributed by atoms with Gasteiger partial charge in [-0.05, 0) is 31.5 Å². The van der Waals surface area contributed by atoms with E-state index < -0.39 is 0 Å². The van der Waals surface area contributed by atoms with Crippen LogP contribution >= 0.6 is 11.3 Å². The van der Waals surface area contributed by atoms with E-state index in [1.807, 2.05) is 0 Å². The summed E-state index contributed by atoms with van der Waals surface area (Å²) in [7, 11) is 0. The summed E-state index contributed by atoms with van der Waals surface area (Å²) >= 11 is 1.30. The third-order valence-electron chi connectivity index (χ3n) is 4.00. The van der Waals surface area contributed by atoms with Crippen molar-refractivity contribution in [3.63, 3.8) is 0 Å². The summed E-state index contributed by atoms with van der Waals surface area (Å²) in [5, 5.41) is 11.6. The number of carbonyl (C=O) groups excluding carboxylic acids is 1. The van der Waals surface area contributed by atoms with Crippen LogP contribution in [0.2, 0.25) is 0 Å². The Morgan fingerprint density at radius 3 is 3.19 bits per heavy atom. The first-order valence-electron chi connectivity index (χ1n) is 7.19. The van der Waals surface area contributed by atoms with Crippen LogP contribution in [0.4, 0.5) is 5.69 Å². The number of nitrogens with zero attached hydrogens (tertiary/aromatic N) is 3. The third-order valence-corrected chi connectivity index (χ3v) is 5.10. The molecule has 1 saturated heterocycles. The van der Waals surface area contributed by atoms with Crippen LogP contribution < -0.4 is 11.1 Å². The second-order valence-electron chi connectivity index (χ2n) is 5.35. The largest absolute Gasteiger partial charge is 0.397 e. The predicted molar refractivity (Wildman–Crippen MR) is 84.4 cm³/mol. The Bertz CT molecular complexity index is 656. The number of carbonyl (C=O) groups is 1. The van der Waals surface area contributed by atoms with Crippen LogP contribution in [0.1, 0.15) is 23.0 Å². The Kier molecular flexibility index (Phi) is 4.03. The minimum atomic E-state index is -0.106. The maximum atomic E-state index is 12.3. The van der Waals surface area contributed by atoms with E-state index in [0.29, 0.717) is 27.9 Å². The number of nitrogens with one attached hydrogen (secondary N) is 1. The molecule has 0 spiro atoms. The summed E-state index contributed by atoms with van der Waals surface area (Å²) < 4.78 is 0. The SMILES string of the molecule is CCN1CCC(CNC(=O)c2sc3nnccc3c2N)C1. The minimum absolute atomic E-state index is 0.106. The van der Waals surface area contributed by atoms with E-state index in [-0.39, 0.29) is 5.91 Å². The van der Waals surface area contributed by atoms with Gasteiger partial charge in [-0.2, -0.15) is 5.10 Å². The number of fused-ring (bicyclic) bond motifs is 1. The number of hydrogen-bond acceptors (Lipinski definition) is 6. The van der Waals surface area contributed by atoms with Gasteiger partial charge < -0.3 is 16.0 Å². The average Bonchev–Trinajstić information content (AvgIpc) is 3.10. The van der Waals surface area contributed by atoms with Gasteiger partial charge in [0.2, 0.25) is 0 Å². The molecule has 0 aliphatic carbocycles. The summed E-state index contributed by atoms with van der Waals surface area (Å²) in [5.74, 6) is 0.426. The van der Waals surface area contributed by atoms with Crippen molar-refractivity contribution < 1.29 is 4.79 Å². The van der Waals surface area contributed by atoms with Gasteiger partial charge >= 0.3 is 0 Å². The topological polar surface area (TPSA) is 84.1 Å². The Morgan fingerprint density at radius 2 is 2.48 bits per heavy atom. The van der Waals surface area contributed by atoms with Crippen LogP contribution in [0.15, 0.2) is 12.3 Å². The number of rotatable bonds is 4. The lowest BCUT2D eigenvalue weighted by atomic mass is 10.1. The highest BCUT2D eigenvalue weighted by atomic mass is 32.1. The number of thiophene rings is 1. The lowest BCUT2D eigenvalue weighted by Crippen LogP contribution is -2.30. The number of hydrogen-bond donors (Lipinski definition) is 2. The molecule has 112 valence electrons. The molecule has 0 radical (unpaired) electrons. The summed E-state index contributed by atoms with van der Waals surface area (Å²) in [6, 6.07) is 1.79. The molecule has 3 rings (SSSR count). The van der Waals surface area contributed by atoms with Crippen molar-refractivity contribution in [2.24, 2.45) is 5.92 Å². The van der Waals surface area contributed by atoms with Crippen LogP contribution in [-0.4, -0.2) is 47.2 Å². The molecule has 0 aromatic carbocycles. The standard InChI is InChI=1S/C14H19N5OS/c1-2-19-6-4-9(8-19)7-16-13(20)12-11(15)10-3-5-17-18-14(10)21-12/h3,5,9H,2,4,6-8,15H2,1H3,(H,16,20). The molecule has 3 heterocycles. The highest BCUT2D eigenvalue weighted by Gasteiger charge is 2.23. The fourth-order valence-electron chi connectivity index (χ4n) is 2.73. The van der Waals surface area contributed by atoms with Gasteiger partial charge in [-0.3, -0.25) is 4.79 Å². The van der Waals surface area contributed by atoms with Crippen molar-refractivity contribution in [3.05, 3.63) is 17.1 Å². The van der Waals surface area contributed by atoms with Crippen molar-refractivity contribution in [1.29, 1.82) is 0 Å². The number of aromatic nitrogens is 2. The molecule has 1 aliphatic rings. The van der Waals surface area contributed by atoms with Gasteiger partial charge in [-0.15, -0.1) is 16.4 Å². The molecule has 1 atom stereocenters. The van der Waals surface area contributed by atoms with Gasteiger partial charge in [-0.25, -0.2) is 0 Å². The molecule has 1 amide bonds. The molecule has 21 heavy (non-hydrogen) atoms. The van der Waals surface area contributed by atoms with Crippen molar-refractivity contribution >= 4 is 33.1 Å². The van der Waals surface area contributed by atoms with Crippen LogP contribution in [0.5, 0.6) is 0 Å². The van der Waals surface area contributed by atoms with Crippen LogP contribution in [0.25, 0.3) is 10.2 Å². The summed E-state index contributed by atoms with van der Waals surface area (Å²) in [6.45, 7) is 6.13. The van der Waals surface area contributed by atoms with E-state index in [2.05, 4.69) is 27.3 Å². The normalized spacial score (nSPS) is 19.2. The Balaban J connectivity index is 1.66. The predicted octanol–water partition coefficient (Wildman–Crippen LogP) is 1.35. The molecule has 0 bridgehead atoms. The second-order valence-corrected chi connectivity index (χ2v) is 6.35. The maximum Gasteiger partial charge on any atom is 0.263 e. The second kappa shape index (κ2) is 5.95. The average molecular weight is 305 g/mol. The number of nitrogens with two attached hydrogens (primary N) is 1. The van der Waals surface area contributed by atoms with E-state index in [1.54, 1.807) is 12.3 Å². The summed E-state index contributed by atoms with van der Waals surface area (Å²) in [5.41, 5.74) is 6.54. The first kappa shape index (κ1) is 14.2. The van der Waals surface area contributed by atoms with Gasteiger partial charge in [-0.1, -0.05) is 6.92 Å². The van der Waals surface area contributed by atoms with Gasteiger partial charge in [0.15, 0.2) is 0 Å². The molecule has 1 unspecified atom stereocenters. The summed E-state index contributed by atoms with van der Waals surface area (Å²) in [6.07, 6.45) is 2.73. The molecule has 6 nitrogen and oxygen atoms in total. The van der Waals surface area contributed by atoms with Gasteiger partial charge in [0.05, 0.1) is 11.9 Å². The van der Waals surface area contributed by atoms with Gasteiger partial charge in [0.1, 0.15) is 9.71 Å². The smallest absolute Gasteiger partial charge is 0.263 e. The fraction of sp³-hybridized carbons (Fsp3) is 0.500. The van der Waals surface area contributed by atoms with E-state index in [9.17, 15) is 4.79 Å². The molecule has 0 saturated carbocycles. The molecule has 3 N–H and O–H groups in total. The van der Waals surface area contributed by atoms with Gasteiger partial charge in [0, 0.05) is 18.5 Å². The monoisotopic (exact) mass is 305 g/mol. The van der Waals surface area contributed by atoms with Crippen LogP contribution in [-0.2, 0) is 0 Å². The zero-order valence-electron chi connectivity index (χ0n) is 12.0. The van der Waals surface area contributed by atoms with E-state index in [4.69, 9.17) is 5.73 Å². The maximum absolute atomic E-state index is 12.3. The van der Waals surface area contributed by atoms with Crippen molar-refractivity contribution in [2.75, 3.05) is 31.9 Å². The first-order valence-corrected chi connectivity index (χ1v) is 8.01. The van der Waals surface area contributed by atoms with Crippen molar-refractivity contribution in [1.82, 2.24) is 20.4 Å². The van der Waals surface area contributed by atoms with Crippen molar-refractivity contribution in [2.45, 2.75) is 13.3 Å². The zero-order chi connectivity index (χ0) is 14.8. The molecular formula is C14H19N5OS. The van der Waals surface area contributed by atoms with E-state index in [1.165, 1.54) is 11.3 Å². The minimum Gasteiger partial charge on any atom is -0.397 e. The Morgan fingerprint density at radius 1 is 1.62 bits per heavy atom. The number of nitrogen functional groups attached to an aromatic ring is 1. The van der Waals surface area contributed by atoms with Crippen molar-refractivity contribution in [3.8, 4) is 0 Å². The lowest BCUT2D eigenvalue weighted by molar-refractivity contribution is 0.0952. The molecule has 1 aliphatic heterocycles. The Labute approximate surface area is 127 Å². The highest BCUT2D eigenvalue weighted by molar-refractivity contribution is 7.21. The highest BCUT2D eigenvalue weighted by Crippen LogP contribution is 2.31. The fourth-order valence-corrected chi connectivity index (χ4v) is 3.68. The quantitative estimate of drug-likeness (QED) is 0.890. The molecular weight excluding hydrogens is 286 g/mol. The first-order chi connectivity index (χ1) is 10.2. The van der Waals surface area contributed by atoms with E-state index in [0.717, 1.165) is 31.4 Å². The van der Waals surface area contributed by atoms with Crippen LogP contribution in [0, 0.1) is 5.92 Å². The molecule has 1 fully saturated rings. The van der Waals surface area contributed by atoms with Gasteiger partial charge in [0.25, 0.3) is 5.91 Å². The Hall–Kier alpha value is -1.73. The number of amides is 1. The zero-order valence-corrected chi connectivity index (χ0v) is 12.8. The molecule has 2 aromatic rings.